The van der Waals surface area contributed by atoms with Crippen LogP contribution in [0.2, 0.25) is 0 Å². The van der Waals surface area contributed by atoms with Crippen LogP contribution in [-0.4, -0.2) is 24.1 Å². The van der Waals surface area contributed by atoms with Gasteiger partial charge in [-0.15, -0.1) is 18.2 Å². The molecule has 0 aliphatic heterocycles. The van der Waals surface area contributed by atoms with Gasteiger partial charge in [-0.3, -0.25) is 9.59 Å². The van der Waals surface area contributed by atoms with E-state index in [0.717, 1.165) is 11.4 Å². The van der Waals surface area contributed by atoms with Crippen LogP contribution in [0.25, 0.3) is 0 Å². The van der Waals surface area contributed by atoms with Crippen LogP contribution < -0.4 is 10.6 Å². The number of nitrogens with one attached hydrogen (secondary N) is 2. The van der Waals surface area contributed by atoms with Crippen LogP contribution in [-0.2, 0) is 4.79 Å². The fraction of sp³-hybridized carbons (Fsp3) is 0.333. The van der Waals surface area contributed by atoms with E-state index in [1.807, 2.05) is 30.3 Å². The van der Waals surface area contributed by atoms with Crippen molar-refractivity contribution in [2.45, 2.75) is 37.0 Å². The third-order valence-electron chi connectivity index (χ3n) is 5.09. The number of thioether (sulfide) groups is 1. The van der Waals surface area contributed by atoms with Crippen molar-refractivity contribution >= 4 is 29.3 Å². The number of hydrogen-bond acceptors (Lipinski definition) is 3. The molecule has 0 spiro atoms. The Morgan fingerprint density at radius 2 is 1.86 bits per heavy atom. The Labute approximate surface area is 176 Å². The average molecular weight is 407 g/mol. The highest BCUT2D eigenvalue weighted by molar-refractivity contribution is 8.00. The first-order valence-electron chi connectivity index (χ1n) is 10.0. The summed E-state index contributed by atoms with van der Waals surface area (Å²) in [6.07, 6.45) is 11.7. The van der Waals surface area contributed by atoms with Gasteiger partial charge in [0.25, 0.3) is 5.91 Å². The molecule has 5 heteroatoms. The molecule has 0 saturated heterocycles. The number of terminal acetylenes is 1. The Hall–Kier alpha value is -2.71. The minimum atomic E-state index is -0.218. The summed E-state index contributed by atoms with van der Waals surface area (Å²) in [6.45, 7) is 0.757. The Morgan fingerprint density at radius 3 is 2.66 bits per heavy atom. The molecule has 3 rings (SSSR count). The molecule has 0 aromatic heterocycles. The van der Waals surface area contributed by atoms with E-state index in [1.165, 1.54) is 43.9 Å². The molecule has 2 amide bonds. The van der Waals surface area contributed by atoms with E-state index >= 15 is 0 Å². The SMILES string of the molecule is C#Cc1cccc(NC(=O)c2ccccc2SCC(=O)NCC2CCCCC2)c1. The molecule has 0 heterocycles. The fourth-order valence-corrected chi connectivity index (χ4v) is 4.39. The van der Waals surface area contributed by atoms with Crippen LogP contribution in [0.4, 0.5) is 5.69 Å². The summed E-state index contributed by atoms with van der Waals surface area (Å²) in [5.41, 5.74) is 1.90. The van der Waals surface area contributed by atoms with E-state index in [1.54, 1.807) is 18.2 Å². The van der Waals surface area contributed by atoms with Crippen LogP contribution >= 0.6 is 11.8 Å². The maximum atomic E-state index is 12.7. The molecule has 4 nitrogen and oxygen atoms in total. The Kier molecular flexibility index (Phi) is 7.77. The molecule has 0 bridgehead atoms. The molecule has 2 N–H and O–H groups in total. The van der Waals surface area contributed by atoms with Gasteiger partial charge in [0, 0.05) is 22.7 Å². The molecule has 150 valence electrons. The second-order valence-corrected chi connectivity index (χ2v) is 8.29. The lowest BCUT2D eigenvalue weighted by molar-refractivity contribution is -0.118. The summed E-state index contributed by atoms with van der Waals surface area (Å²) in [5.74, 6) is 3.26. The average Bonchev–Trinajstić information content (AvgIpc) is 2.77. The molecule has 0 radical (unpaired) electrons. The Balaban J connectivity index is 1.55. The lowest BCUT2D eigenvalue weighted by Gasteiger charge is -2.21. The molecule has 2 aromatic carbocycles. The molecule has 1 aliphatic carbocycles. The minimum Gasteiger partial charge on any atom is -0.355 e. The van der Waals surface area contributed by atoms with Crippen molar-refractivity contribution in [1.29, 1.82) is 0 Å². The van der Waals surface area contributed by atoms with Crippen LogP contribution in [0, 0.1) is 18.3 Å². The van der Waals surface area contributed by atoms with Gasteiger partial charge in [0.1, 0.15) is 0 Å². The summed E-state index contributed by atoms with van der Waals surface area (Å²) in [5, 5.41) is 5.93. The fourth-order valence-electron chi connectivity index (χ4n) is 3.51. The number of anilines is 1. The van der Waals surface area contributed by atoms with Crippen molar-refractivity contribution in [1.82, 2.24) is 5.32 Å². The number of amides is 2. The first kappa shape index (κ1) is 21.0. The summed E-state index contributed by atoms with van der Waals surface area (Å²) in [4.78, 5) is 25.8. The Morgan fingerprint density at radius 1 is 1.07 bits per heavy atom. The zero-order valence-electron chi connectivity index (χ0n) is 16.4. The van der Waals surface area contributed by atoms with Crippen molar-refractivity contribution in [2.75, 3.05) is 17.6 Å². The molecular formula is C24H26N2O2S. The van der Waals surface area contributed by atoms with E-state index in [4.69, 9.17) is 6.42 Å². The van der Waals surface area contributed by atoms with Gasteiger partial charge in [0.05, 0.1) is 11.3 Å². The predicted molar refractivity (Wildman–Crippen MR) is 119 cm³/mol. The van der Waals surface area contributed by atoms with Crippen molar-refractivity contribution in [3.63, 3.8) is 0 Å². The van der Waals surface area contributed by atoms with Gasteiger partial charge < -0.3 is 10.6 Å². The second-order valence-electron chi connectivity index (χ2n) is 7.27. The molecule has 0 atom stereocenters. The molecule has 1 fully saturated rings. The first-order chi connectivity index (χ1) is 14.2. The molecule has 1 saturated carbocycles. The standard InChI is InChI=1S/C24H26N2O2S/c1-2-18-11-8-12-20(15-18)26-24(28)21-13-6-7-14-22(21)29-17-23(27)25-16-19-9-4-3-5-10-19/h1,6-8,11-15,19H,3-5,9-10,16-17H2,(H,25,27)(H,26,28). The lowest BCUT2D eigenvalue weighted by atomic mass is 9.89. The van der Waals surface area contributed by atoms with Crippen LogP contribution in [0.1, 0.15) is 48.0 Å². The molecule has 29 heavy (non-hydrogen) atoms. The first-order valence-corrected chi connectivity index (χ1v) is 11.0. The van der Waals surface area contributed by atoms with Gasteiger partial charge in [0.15, 0.2) is 0 Å². The van der Waals surface area contributed by atoms with E-state index < -0.39 is 0 Å². The van der Waals surface area contributed by atoms with Gasteiger partial charge >= 0.3 is 0 Å². The van der Waals surface area contributed by atoms with Gasteiger partial charge in [0.2, 0.25) is 5.91 Å². The largest absolute Gasteiger partial charge is 0.355 e. The van der Waals surface area contributed by atoms with Crippen molar-refractivity contribution < 1.29 is 9.59 Å². The third-order valence-corrected chi connectivity index (χ3v) is 6.16. The van der Waals surface area contributed by atoms with Crippen LogP contribution in [0.3, 0.4) is 0 Å². The summed E-state index contributed by atoms with van der Waals surface area (Å²) < 4.78 is 0. The van der Waals surface area contributed by atoms with E-state index in [0.29, 0.717) is 28.5 Å². The Bertz CT molecular complexity index is 898. The zero-order chi connectivity index (χ0) is 20.5. The van der Waals surface area contributed by atoms with Gasteiger partial charge in [-0.05, 0) is 49.1 Å². The highest BCUT2D eigenvalue weighted by Crippen LogP contribution is 2.25. The number of rotatable bonds is 7. The summed E-state index contributed by atoms with van der Waals surface area (Å²) in [7, 11) is 0. The van der Waals surface area contributed by atoms with E-state index in [-0.39, 0.29) is 11.8 Å². The van der Waals surface area contributed by atoms with Gasteiger partial charge in [-0.25, -0.2) is 0 Å². The quantitative estimate of drug-likeness (QED) is 0.517. The third kappa shape index (κ3) is 6.40. The maximum absolute atomic E-state index is 12.7. The highest BCUT2D eigenvalue weighted by atomic mass is 32.2. The number of benzene rings is 2. The van der Waals surface area contributed by atoms with Gasteiger partial charge in [-0.1, -0.05) is 43.4 Å². The molecule has 0 unspecified atom stereocenters. The van der Waals surface area contributed by atoms with Crippen LogP contribution in [0.5, 0.6) is 0 Å². The number of carbonyl (C=O) groups is 2. The topological polar surface area (TPSA) is 58.2 Å². The van der Waals surface area contributed by atoms with Gasteiger partial charge in [-0.2, -0.15) is 0 Å². The smallest absolute Gasteiger partial charge is 0.256 e. The normalized spacial score (nSPS) is 14.0. The van der Waals surface area contributed by atoms with E-state index in [9.17, 15) is 9.59 Å². The van der Waals surface area contributed by atoms with E-state index in [2.05, 4.69) is 16.6 Å². The highest BCUT2D eigenvalue weighted by Gasteiger charge is 2.16. The predicted octanol–water partition coefficient (Wildman–Crippen LogP) is 4.71. The monoisotopic (exact) mass is 406 g/mol. The molecule has 1 aliphatic rings. The number of hydrogen-bond donors (Lipinski definition) is 2. The molecular weight excluding hydrogens is 380 g/mol. The van der Waals surface area contributed by atoms with Crippen molar-refractivity contribution in [2.24, 2.45) is 5.92 Å². The maximum Gasteiger partial charge on any atom is 0.256 e. The van der Waals surface area contributed by atoms with Crippen LogP contribution in [0.15, 0.2) is 53.4 Å². The summed E-state index contributed by atoms with van der Waals surface area (Å²) in [6, 6.07) is 14.5. The second kappa shape index (κ2) is 10.7. The molecule has 2 aromatic rings. The number of carbonyl (C=O) groups excluding carboxylic acids is 2. The zero-order valence-corrected chi connectivity index (χ0v) is 17.3. The van der Waals surface area contributed by atoms with Crippen molar-refractivity contribution in [3.8, 4) is 12.3 Å². The minimum absolute atomic E-state index is 0.0116. The summed E-state index contributed by atoms with van der Waals surface area (Å²) >= 11 is 1.38. The van der Waals surface area contributed by atoms with Crippen molar-refractivity contribution in [3.05, 3.63) is 59.7 Å². The lowest BCUT2D eigenvalue weighted by Crippen LogP contribution is -2.31.